The zero-order valence-corrected chi connectivity index (χ0v) is 10.2. The van der Waals surface area contributed by atoms with Gasteiger partial charge in [-0.2, -0.15) is 0 Å². The second kappa shape index (κ2) is 6.31. The van der Waals surface area contributed by atoms with Crippen molar-refractivity contribution in [3.63, 3.8) is 0 Å². The Morgan fingerprint density at radius 3 is 3.06 bits per heavy atom. The standard InChI is InChI=1S/C14H17NO3/c16-10-11-4-3-5-12(8-11)15-14(17)9-13-6-1-2-7-18-13/h3-5,8,10,13H,1-2,6-7,9H2,(H,15,17). The number of hydrogen-bond acceptors (Lipinski definition) is 3. The third-order valence-electron chi connectivity index (χ3n) is 2.99. The molecule has 1 aromatic rings. The van der Waals surface area contributed by atoms with E-state index in [0.717, 1.165) is 32.2 Å². The van der Waals surface area contributed by atoms with Crippen LogP contribution in [0.1, 0.15) is 36.0 Å². The summed E-state index contributed by atoms with van der Waals surface area (Å²) in [6.45, 7) is 0.749. The molecule has 4 heteroatoms. The van der Waals surface area contributed by atoms with Crippen LogP contribution in [0.3, 0.4) is 0 Å². The maximum atomic E-state index is 11.8. The monoisotopic (exact) mass is 247 g/mol. The van der Waals surface area contributed by atoms with E-state index >= 15 is 0 Å². The van der Waals surface area contributed by atoms with Crippen molar-refractivity contribution in [2.24, 2.45) is 0 Å². The van der Waals surface area contributed by atoms with Crippen LogP contribution in [0.25, 0.3) is 0 Å². The predicted molar refractivity (Wildman–Crippen MR) is 68.7 cm³/mol. The van der Waals surface area contributed by atoms with Crippen molar-refractivity contribution >= 4 is 17.9 Å². The van der Waals surface area contributed by atoms with Gasteiger partial charge in [0.2, 0.25) is 5.91 Å². The van der Waals surface area contributed by atoms with Crippen molar-refractivity contribution in [3.8, 4) is 0 Å². The van der Waals surface area contributed by atoms with E-state index in [2.05, 4.69) is 5.32 Å². The molecule has 1 N–H and O–H groups in total. The van der Waals surface area contributed by atoms with E-state index in [-0.39, 0.29) is 12.0 Å². The largest absolute Gasteiger partial charge is 0.378 e. The van der Waals surface area contributed by atoms with Crippen LogP contribution in [0.15, 0.2) is 24.3 Å². The Bertz CT molecular complexity index is 425. The summed E-state index contributed by atoms with van der Waals surface area (Å²) >= 11 is 0. The maximum absolute atomic E-state index is 11.8. The summed E-state index contributed by atoms with van der Waals surface area (Å²) in [5, 5.41) is 2.79. The zero-order chi connectivity index (χ0) is 12.8. The maximum Gasteiger partial charge on any atom is 0.226 e. The number of nitrogens with one attached hydrogen (secondary N) is 1. The predicted octanol–water partition coefficient (Wildman–Crippen LogP) is 2.40. The fourth-order valence-electron chi connectivity index (χ4n) is 2.08. The lowest BCUT2D eigenvalue weighted by atomic mass is 10.1. The summed E-state index contributed by atoms with van der Waals surface area (Å²) < 4.78 is 5.51. The van der Waals surface area contributed by atoms with Crippen molar-refractivity contribution in [3.05, 3.63) is 29.8 Å². The van der Waals surface area contributed by atoms with Crippen LogP contribution in [-0.2, 0) is 9.53 Å². The molecule has 18 heavy (non-hydrogen) atoms. The highest BCUT2D eigenvalue weighted by Crippen LogP contribution is 2.17. The molecule has 0 radical (unpaired) electrons. The van der Waals surface area contributed by atoms with E-state index in [4.69, 9.17) is 4.74 Å². The third-order valence-corrected chi connectivity index (χ3v) is 2.99. The number of aldehydes is 1. The molecule has 1 aliphatic heterocycles. The molecule has 1 amide bonds. The van der Waals surface area contributed by atoms with Gasteiger partial charge in [0.1, 0.15) is 6.29 Å². The molecular weight excluding hydrogens is 230 g/mol. The molecular formula is C14H17NO3. The first-order chi connectivity index (χ1) is 8.78. The average molecular weight is 247 g/mol. The van der Waals surface area contributed by atoms with E-state index in [1.54, 1.807) is 24.3 Å². The van der Waals surface area contributed by atoms with E-state index in [1.807, 2.05) is 0 Å². The molecule has 1 atom stereocenters. The van der Waals surface area contributed by atoms with Gasteiger partial charge in [0.05, 0.1) is 12.5 Å². The van der Waals surface area contributed by atoms with E-state index in [1.165, 1.54) is 0 Å². The lowest BCUT2D eigenvalue weighted by molar-refractivity contribution is -0.119. The Morgan fingerprint density at radius 2 is 2.33 bits per heavy atom. The number of anilines is 1. The normalized spacial score (nSPS) is 19.2. The zero-order valence-electron chi connectivity index (χ0n) is 10.2. The first-order valence-electron chi connectivity index (χ1n) is 6.24. The summed E-state index contributed by atoms with van der Waals surface area (Å²) in [5.41, 5.74) is 1.21. The quantitative estimate of drug-likeness (QED) is 0.831. The van der Waals surface area contributed by atoms with E-state index < -0.39 is 0 Å². The molecule has 1 unspecified atom stereocenters. The van der Waals surface area contributed by atoms with Crippen LogP contribution >= 0.6 is 0 Å². The highest BCUT2D eigenvalue weighted by molar-refractivity contribution is 5.92. The van der Waals surface area contributed by atoms with Crippen molar-refractivity contribution in [1.29, 1.82) is 0 Å². The Kier molecular flexibility index (Phi) is 4.47. The molecule has 1 saturated heterocycles. The Hall–Kier alpha value is -1.68. The molecule has 2 rings (SSSR count). The molecule has 0 aromatic heterocycles. The molecule has 1 aromatic carbocycles. The minimum absolute atomic E-state index is 0.0352. The Balaban J connectivity index is 1.87. The molecule has 0 spiro atoms. The highest BCUT2D eigenvalue weighted by atomic mass is 16.5. The van der Waals surface area contributed by atoms with Gasteiger partial charge in [-0.1, -0.05) is 12.1 Å². The minimum atomic E-state index is -0.0649. The molecule has 1 aliphatic rings. The molecule has 96 valence electrons. The lowest BCUT2D eigenvalue weighted by Gasteiger charge is -2.21. The first-order valence-corrected chi connectivity index (χ1v) is 6.24. The number of carbonyl (C=O) groups excluding carboxylic acids is 2. The first kappa shape index (κ1) is 12.8. The van der Waals surface area contributed by atoms with Gasteiger partial charge >= 0.3 is 0 Å². The van der Waals surface area contributed by atoms with Crippen molar-refractivity contribution < 1.29 is 14.3 Å². The third kappa shape index (κ3) is 3.67. The van der Waals surface area contributed by atoms with E-state index in [0.29, 0.717) is 17.7 Å². The minimum Gasteiger partial charge on any atom is -0.378 e. The summed E-state index contributed by atoms with van der Waals surface area (Å²) in [4.78, 5) is 22.4. The van der Waals surface area contributed by atoms with Gasteiger partial charge in [-0.15, -0.1) is 0 Å². The van der Waals surface area contributed by atoms with Crippen molar-refractivity contribution in [1.82, 2.24) is 0 Å². The number of carbonyl (C=O) groups is 2. The molecule has 0 aliphatic carbocycles. The van der Waals surface area contributed by atoms with Crippen molar-refractivity contribution in [2.75, 3.05) is 11.9 Å². The van der Waals surface area contributed by atoms with Gasteiger partial charge < -0.3 is 10.1 Å². The van der Waals surface area contributed by atoms with Gasteiger partial charge in [0.25, 0.3) is 0 Å². The molecule has 1 heterocycles. The van der Waals surface area contributed by atoms with Gasteiger partial charge in [0, 0.05) is 17.9 Å². The van der Waals surface area contributed by atoms with Crippen LogP contribution in [0.4, 0.5) is 5.69 Å². The number of hydrogen-bond donors (Lipinski definition) is 1. The summed E-state index contributed by atoms with van der Waals surface area (Å²) in [7, 11) is 0. The molecule has 4 nitrogen and oxygen atoms in total. The molecule has 1 fully saturated rings. The van der Waals surface area contributed by atoms with Crippen LogP contribution < -0.4 is 5.32 Å². The summed E-state index contributed by atoms with van der Waals surface area (Å²) in [6.07, 6.45) is 4.33. The van der Waals surface area contributed by atoms with Crippen LogP contribution in [0.5, 0.6) is 0 Å². The number of rotatable bonds is 4. The van der Waals surface area contributed by atoms with Crippen LogP contribution in [0, 0.1) is 0 Å². The summed E-state index contributed by atoms with van der Waals surface area (Å²) in [6, 6.07) is 6.88. The number of ether oxygens (including phenoxy) is 1. The van der Waals surface area contributed by atoms with Gasteiger partial charge in [0.15, 0.2) is 0 Å². The van der Waals surface area contributed by atoms with Gasteiger partial charge in [-0.25, -0.2) is 0 Å². The van der Waals surface area contributed by atoms with Crippen LogP contribution in [0.2, 0.25) is 0 Å². The van der Waals surface area contributed by atoms with Crippen molar-refractivity contribution in [2.45, 2.75) is 31.8 Å². The van der Waals surface area contributed by atoms with E-state index in [9.17, 15) is 9.59 Å². The highest BCUT2D eigenvalue weighted by Gasteiger charge is 2.17. The average Bonchev–Trinajstić information content (AvgIpc) is 2.40. The van der Waals surface area contributed by atoms with Crippen LogP contribution in [-0.4, -0.2) is 24.9 Å². The summed E-state index contributed by atoms with van der Waals surface area (Å²) in [5.74, 6) is -0.0649. The SMILES string of the molecule is O=Cc1cccc(NC(=O)CC2CCCCO2)c1. The number of benzene rings is 1. The lowest BCUT2D eigenvalue weighted by Crippen LogP contribution is -2.25. The van der Waals surface area contributed by atoms with Gasteiger partial charge in [-0.3, -0.25) is 9.59 Å². The second-order valence-electron chi connectivity index (χ2n) is 4.48. The topological polar surface area (TPSA) is 55.4 Å². The fraction of sp³-hybridized carbons (Fsp3) is 0.429. The Morgan fingerprint density at radius 1 is 1.44 bits per heavy atom. The Labute approximate surface area is 106 Å². The molecule has 0 bridgehead atoms. The fourth-order valence-corrected chi connectivity index (χ4v) is 2.08. The van der Waals surface area contributed by atoms with Gasteiger partial charge in [-0.05, 0) is 31.4 Å². The smallest absolute Gasteiger partial charge is 0.226 e. The number of amides is 1. The second-order valence-corrected chi connectivity index (χ2v) is 4.48. The molecule has 0 saturated carbocycles.